The molecule has 0 N–H and O–H groups in total. The summed E-state index contributed by atoms with van der Waals surface area (Å²) in [4.78, 5) is 24.3. The lowest BCUT2D eigenvalue weighted by molar-refractivity contribution is -0.129. The van der Waals surface area contributed by atoms with E-state index in [0.29, 0.717) is 25.1 Å². The van der Waals surface area contributed by atoms with Gasteiger partial charge < -0.3 is 4.74 Å². The van der Waals surface area contributed by atoms with Gasteiger partial charge in [0.05, 0.1) is 12.2 Å². The molecular formula is C18H19ClN2O3. The second-order valence-electron chi connectivity index (χ2n) is 6.00. The van der Waals surface area contributed by atoms with Crippen molar-refractivity contribution in [2.45, 2.75) is 45.3 Å². The summed E-state index contributed by atoms with van der Waals surface area (Å²) < 4.78 is 6.96. The number of aryl methyl sites for hydroxylation is 1. The van der Waals surface area contributed by atoms with Crippen LogP contribution in [0.3, 0.4) is 0 Å². The van der Waals surface area contributed by atoms with Crippen molar-refractivity contribution in [1.82, 2.24) is 9.78 Å². The zero-order chi connectivity index (χ0) is 17.1. The summed E-state index contributed by atoms with van der Waals surface area (Å²) in [5, 5.41) is 4.58. The van der Waals surface area contributed by atoms with Crippen molar-refractivity contribution in [3.8, 4) is 0 Å². The molecule has 1 aliphatic carbocycles. The normalized spacial score (nSPS) is 17.8. The van der Waals surface area contributed by atoms with Gasteiger partial charge in [0.2, 0.25) is 0 Å². The Morgan fingerprint density at radius 2 is 2.08 bits per heavy atom. The number of hydrogen-bond donors (Lipinski definition) is 0. The van der Waals surface area contributed by atoms with Gasteiger partial charge >= 0.3 is 5.97 Å². The molecule has 1 saturated carbocycles. The highest BCUT2D eigenvalue weighted by Gasteiger charge is 2.29. The van der Waals surface area contributed by atoms with E-state index in [1.54, 1.807) is 11.6 Å². The maximum atomic E-state index is 12.5. The zero-order valence-electron chi connectivity index (χ0n) is 13.5. The molecule has 0 saturated heterocycles. The summed E-state index contributed by atoms with van der Waals surface area (Å²) >= 11 is 6.34. The minimum absolute atomic E-state index is 0.0138. The van der Waals surface area contributed by atoms with E-state index in [1.807, 2.05) is 30.3 Å². The van der Waals surface area contributed by atoms with E-state index in [1.165, 1.54) is 0 Å². The topological polar surface area (TPSA) is 61.2 Å². The van der Waals surface area contributed by atoms with E-state index in [4.69, 9.17) is 16.3 Å². The zero-order valence-corrected chi connectivity index (χ0v) is 14.3. The molecule has 1 aromatic carbocycles. The SMILES string of the molecule is Cc1nn(Cc2ccccc2)c(Cl)c1C(=O)O[C@H]1CCCCC1=O. The van der Waals surface area contributed by atoms with Crippen molar-refractivity contribution < 1.29 is 14.3 Å². The fourth-order valence-electron chi connectivity index (χ4n) is 2.91. The molecule has 126 valence electrons. The van der Waals surface area contributed by atoms with Crippen molar-refractivity contribution in [3.63, 3.8) is 0 Å². The Hall–Kier alpha value is -2.14. The fourth-order valence-corrected chi connectivity index (χ4v) is 3.22. The van der Waals surface area contributed by atoms with Gasteiger partial charge in [-0.05, 0) is 31.7 Å². The standard InChI is InChI=1S/C18H19ClN2O3/c1-12-16(18(23)24-15-10-6-5-9-14(15)22)17(19)21(20-12)11-13-7-3-2-4-8-13/h2-4,7-8,15H,5-6,9-11H2,1H3/t15-/m0/s1. The smallest absolute Gasteiger partial charge is 0.343 e. The Kier molecular flexibility index (Phi) is 5.00. The van der Waals surface area contributed by atoms with E-state index in [-0.39, 0.29) is 16.5 Å². The Balaban J connectivity index is 1.78. The molecule has 1 aromatic heterocycles. The lowest BCUT2D eigenvalue weighted by Crippen LogP contribution is -2.30. The van der Waals surface area contributed by atoms with Crippen molar-refractivity contribution >= 4 is 23.4 Å². The van der Waals surface area contributed by atoms with Gasteiger partial charge in [-0.3, -0.25) is 4.79 Å². The fraction of sp³-hybridized carbons (Fsp3) is 0.389. The highest BCUT2D eigenvalue weighted by atomic mass is 35.5. The molecule has 1 aliphatic rings. The van der Waals surface area contributed by atoms with Crippen LogP contribution in [-0.2, 0) is 16.1 Å². The van der Waals surface area contributed by atoms with Crippen molar-refractivity contribution in [2.75, 3.05) is 0 Å². The number of Topliss-reactive ketones (excluding diaryl/α,β-unsaturated/α-hetero) is 1. The summed E-state index contributed by atoms with van der Waals surface area (Å²) in [7, 11) is 0. The Labute approximate surface area is 145 Å². The van der Waals surface area contributed by atoms with Gasteiger partial charge in [-0.25, -0.2) is 9.48 Å². The lowest BCUT2D eigenvalue weighted by Gasteiger charge is -2.20. The summed E-state index contributed by atoms with van der Waals surface area (Å²) in [6, 6.07) is 9.73. The molecule has 1 fully saturated rings. The molecule has 0 spiro atoms. The number of rotatable bonds is 4. The summed E-state index contributed by atoms with van der Waals surface area (Å²) in [5.41, 5.74) is 1.78. The molecule has 3 rings (SSSR count). The maximum absolute atomic E-state index is 12.5. The molecule has 6 heteroatoms. The monoisotopic (exact) mass is 346 g/mol. The first-order valence-corrected chi connectivity index (χ1v) is 8.44. The third-order valence-corrected chi connectivity index (χ3v) is 4.58. The first-order chi connectivity index (χ1) is 11.6. The van der Waals surface area contributed by atoms with Crippen LogP contribution in [0.2, 0.25) is 5.15 Å². The van der Waals surface area contributed by atoms with Crippen LogP contribution in [0.5, 0.6) is 0 Å². The second kappa shape index (κ2) is 7.18. The number of ether oxygens (including phenoxy) is 1. The third-order valence-electron chi connectivity index (χ3n) is 4.19. The molecule has 0 bridgehead atoms. The van der Waals surface area contributed by atoms with Crippen molar-refractivity contribution in [2.24, 2.45) is 0 Å². The van der Waals surface area contributed by atoms with E-state index in [0.717, 1.165) is 18.4 Å². The first-order valence-electron chi connectivity index (χ1n) is 8.07. The number of hydrogen-bond acceptors (Lipinski definition) is 4. The molecule has 1 atom stereocenters. The Morgan fingerprint density at radius 3 is 2.79 bits per heavy atom. The van der Waals surface area contributed by atoms with E-state index >= 15 is 0 Å². The van der Waals surface area contributed by atoms with Crippen LogP contribution < -0.4 is 0 Å². The number of esters is 1. The third kappa shape index (κ3) is 3.51. The molecule has 0 unspecified atom stereocenters. The molecule has 5 nitrogen and oxygen atoms in total. The van der Waals surface area contributed by atoms with E-state index < -0.39 is 12.1 Å². The molecule has 24 heavy (non-hydrogen) atoms. The van der Waals surface area contributed by atoms with Gasteiger partial charge in [-0.15, -0.1) is 0 Å². The van der Waals surface area contributed by atoms with Gasteiger partial charge in [0.1, 0.15) is 10.7 Å². The number of carbonyl (C=O) groups is 2. The van der Waals surface area contributed by atoms with Gasteiger partial charge in [0, 0.05) is 6.42 Å². The molecule has 0 aliphatic heterocycles. The Morgan fingerprint density at radius 1 is 1.33 bits per heavy atom. The number of benzene rings is 1. The minimum atomic E-state index is -0.654. The van der Waals surface area contributed by atoms with Gasteiger partial charge in [0.25, 0.3) is 0 Å². The number of nitrogens with zero attached hydrogens (tertiary/aromatic N) is 2. The quantitative estimate of drug-likeness (QED) is 0.794. The van der Waals surface area contributed by atoms with Crippen LogP contribution in [-0.4, -0.2) is 27.6 Å². The molecule has 1 heterocycles. The predicted molar refractivity (Wildman–Crippen MR) is 90.2 cm³/mol. The highest BCUT2D eigenvalue weighted by Crippen LogP contribution is 2.24. The van der Waals surface area contributed by atoms with Crippen LogP contribution in [0.25, 0.3) is 0 Å². The summed E-state index contributed by atoms with van der Waals surface area (Å²) in [6.07, 6.45) is 2.15. The first kappa shape index (κ1) is 16.7. The molecular weight excluding hydrogens is 328 g/mol. The highest BCUT2D eigenvalue weighted by molar-refractivity contribution is 6.32. The Bertz CT molecular complexity index is 755. The van der Waals surface area contributed by atoms with Gasteiger partial charge in [-0.1, -0.05) is 41.9 Å². The number of carbonyl (C=O) groups excluding carboxylic acids is 2. The minimum Gasteiger partial charge on any atom is -0.451 e. The van der Waals surface area contributed by atoms with Crippen LogP contribution in [0.15, 0.2) is 30.3 Å². The van der Waals surface area contributed by atoms with Gasteiger partial charge in [-0.2, -0.15) is 5.10 Å². The summed E-state index contributed by atoms with van der Waals surface area (Å²) in [5.74, 6) is -0.586. The molecule has 0 radical (unpaired) electrons. The second-order valence-corrected chi connectivity index (χ2v) is 6.36. The average molecular weight is 347 g/mol. The van der Waals surface area contributed by atoms with E-state index in [2.05, 4.69) is 5.10 Å². The number of aromatic nitrogens is 2. The number of halogens is 1. The lowest BCUT2D eigenvalue weighted by atomic mass is 9.96. The van der Waals surface area contributed by atoms with Crippen LogP contribution in [0, 0.1) is 6.92 Å². The largest absolute Gasteiger partial charge is 0.451 e. The van der Waals surface area contributed by atoms with E-state index in [9.17, 15) is 9.59 Å². The van der Waals surface area contributed by atoms with Crippen LogP contribution in [0.1, 0.15) is 47.3 Å². The summed E-state index contributed by atoms with van der Waals surface area (Å²) in [6.45, 7) is 2.18. The van der Waals surface area contributed by atoms with Crippen molar-refractivity contribution in [3.05, 3.63) is 52.3 Å². The van der Waals surface area contributed by atoms with Crippen LogP contribution >= 0.6 is 11.6 Å². The maximum Gasteiger partial charge on any atom is 0.343 e. The predicted octanol–water partition coefficient (Wildman–Crippen LogP) is 3.56. The molecule has 0 amide bonds. The average Bonchev–Trinajstić information content (AvgIpc) is 2.84. The number of ketones is 1. The van der Waals surface area contributed by atoms with Crippen LogP contribution in [0.4, 0.5) is 0 Å². The van der Waals surface area contributed by atoms with Crippen molar-refractivity contribution in [1.29, 1.82) is 0 Å². The molecule has 2 aromatic rings. The van der Waals surface area contributed by atoms with Gasteiger partial charge in [0.15, 0.2) is 11.9 Å².